The normalized spacial score (nSPS) is 16.2. The van der Waals surface area contributed by atoms with Crippen LogP contribution in [0.25, 0.3) is 22.2 Å². The molecule has 5 heteroatoms. The van der Waals surface area contributed by atoms with E-state index in [1.54, 1.807) is 6.20 Å². The van der Waals surface area contributed by atoms with Gasteiger partial charge in [-0.15, -0.1) is 0 Å². The summed E-state index contributed by atoms with van der Waals surface area (Å²) in [5.41, 5.74) is 7.58. The zero-order valence-corrected chi connectivity index (χ0v) is 23.6. The Morgan fingerprint density at radius 1 is 0.850 bits per heavy atom. The third kappa shape index (κ3) is 3.75. The number of esters is 1. The van der Waals surface area contributed by atoms with E-state index in [2.05, 4.69) is 109 Å². The minimum absolute atomic E-state index is 0.379. The highest BCUT2D eigenvalue weighted by molar-refractivity contribution is 6.00. The lowest BCUT2D eigenvalue weighted by atomic mass is 9.76. The minimum Gasteiger partial charge on any atom is -0.439 e. The van der Waals surface area contributed by atoms with Crippen molar-refractivity contribution in [1.82, 2.24) is 9.55 Å². The fourth-order valence-corrected chi connectivity index (χ4v) is 6.50. The predicted molar refractivity (Wildman–Crippen MR) is 162 cm³/mol. The highest BCUT2D eigenvalue weighted by Crippen LogP contribution is 2.53. The van der Waals surface area contributed by atoms with E-state index in [9.17, 15) is 4.79 Å². The summed E-state index contributed by atoms with van der Waals surface area (Å²) < 4.78 is 9.03. The average Bonchev–Trinajstić information content (AvgIpc) is 3.50. The van der Waals surface area contributed by atoms with Crippen molar-refractivity contribution in [3.8, 4) is 11.3 Å². The molecule has 0 aliphatic carbocycles. The molecule has 0 radical (unpaired) electrons. The summed E-state index contributed by atoms with van der Waals surface area (Å²) in [4.78, 5) is 20.5. The first-order chi connectivity index (χ1) is 19.6. The maximum Gasteiger partial charge on any atom is 0.358 e. The van der Waals surface area contributed by atoms with E-state index >= 15 is 0 Å². The number of aromatic nitrogens is 2. The van der Waals surface area contributed by atoms with Gasteiger partial charge < -0.3 is 14.2 Å². The molecule has 3 aromatic carbocycles. The first-order valence-electron chi connectivity index (χ1n) is 14.3. The molecular weight excluding hydrogens is 494 g/mol. The molecule has 1 unspecified atom stereocenters. The summed E-state index contributed by atoms with van der Waals surface area (Å²) in [7, 11) is 0. The summed E-state index contributed by atoms with van der Waals surface area (Å²) in [6.45, 7) is 11.3. The van der Waals surface area contributed by atoms with Gasteiger partial charge in [0.15, 0.2) is 11.3 Å². The van der Waals surface area contributed by atoms with Crippen molar-refractivity contribution in [3.63, 3.8) is 0 Å². The monoisotopic (exact) mass is 529 g/mol. The Morgan fingerprint density at radius 2 is 1.60 bits per heavy atom. The molecule has 0 amide bonds. The number of benzene rings is 3. The number of cyclic esters (lactones) is 1. The van der Waals surface area contributed by atoms with Crippen LogP contribution < -0.4 is 4.90 Å². The SMILES string of the molecule is CCc1cc(N(CC)CC)ccc1C1(c2c(-c3ccccc3)n(CC)c3ccccc23)OC(=O)c2ncccc21. The molecule has 5 aromatic rings. The number of carbonyl (C=O) groups is 1. The molecule has 3 heterocycles. The fraction of sp³-hybridized carbons (Fsp3) is 0.257. The molecule has 1 atom stereocenters. The Morgan fingerprint density at radius 3 is 2.33 bits per heavy atom. The molecule has 0 bridgehead atoms. The Kier molecular flexibility index (Phi) is 6.67. The number of carbonyl (C=O) groups excluding carboxylic acids is 1. The Balaban J connectivity index is 1.78. The quantitative estimate of drug-likeness (QED) is 0.194. The number of anilines is 1. The van der Waals surface area contributed by atoms with Crippen molar-refractivity contribution in [2.45, 2.75) is 46.3 Å². The Labute approximate surface area is 236 Å². The second-order valence-corrected chi connectivity index (χ2v) is 10.2. The lowest BCUT2D eigenvalue weighted by Gasteiger charge is -2.33. The topological polar surface area (TPSA) is 47.4 Å². The fourth-order valence-electron chi connectivity index (χ4n) is 6.50. The van der Waals surface area contributed by atoms with Gasteiger partial charge in [0.1, 0.15) is 0 Å². The number of aryl methyl sites for hydroxylation is 2. The van der Waals surface area contributed by atoms with Gasteiger partial charge in [-0.3, -0.25) is 0 Å². The highest BCUT2D eigenvalue weighted by atomic mass is 16.6. The van der Waals surface area contributed by atoms with E-state index in [1.165, 1.54) is 5.69 Å². The molecule has 0 fully saturated rings. The van der Waals surface area contributed by atoms with Crippen LogP contribution in [-0.2, 0) is 23.3 Å². The number of fused-ring (bicyclic) bond motifs is 2. The van der Waals surface area contributed by atoms with Crippen LogP contribution in [0.4, 0.5) is 5.69 Å². The smallest absolute Gasteiger partial charge is 0.358 e. The first kappa shape index (κ1) is 25.9. The van der Waals surface area contributed by atoms with E-state index in [1.807, 2.05) is 18.2 Å². The van der Waals surface area contributed by atoms with E-state index in [4.69, 9.17) is 4.74 Å². The van der Waals surface area contributed by atoms with Crippen LogP contribution in [0, 0.1) is 0 Å². The number of ether oxygens (including phenoxy) is 1. The molecule has 1 aliphatic rings. The van der Waals surface area contributed by atoms with Crippen molar-refractivity contribution in [2.75, 3.05) is 18.0 Å². The lowest BCUT2D eigenvalue weighted by Crippen LogP contribution is -2.32. The van der Waals surface area contributed by atoms with Crippen LogP contribution in [0.5, 0.6) is 0 Å². The van der Waals surface area contributed by atoms with E-state index < -0.39 is 11.6 Å². The minimum atomic E-state index is -1.15. The van der Waals surface area contributed by atoms with Gasteiger partial charge in [0.25, 0.3) is 0 Å². The molecule has 2 aromatic heterocycles. The van der Waals surface area contributed by atoms with Gasteiger partial charge >= 0.3 is 5.97 Å². The zero-order valence-electron chi connectivity index (χ0n) is 23.6. The van der Waals surface area contributed by atoms with Crippen molar-refractivity contribution in [1.29, 1.82) is 0 Å². The van der Waals surface area contributed by atoms with Gasteiger partial charge in [0.05, 0.1) is 5.69 Å². The number of hydrogen-bond acceptors (Lipinski definition) is 4. The summed E-state index contributed by atoms with van der Waals surface area (Å²) in [6, 6.07) is 29.5. The Bertz CT molecular complexity index is 1700. The molecule has 40 heavy (non-hydrogen) atoms. The van der Waals surface area contributed by atoms with Gasteiger partial charge in [-0.1, -0.05) is 67.6 Å². The van der Waals surface area contributed by atoms with Crippen LogP contribution >= 0.6 is 0 Å². The van der Waals surface area contributed by atoms with Gasteiger partial charge in [-0.2, -0.15) is 0 Å². The lowest BCUT2D eigenvalue weighted by molar-refractivity contribution is 0.0252. The summed E-state index contributed by atoms with van der Waals surface area (Å²) >= 11 is 0. The molecular formula is C35H35N3O2. The van der Waals surface area contributed by atoms with E-state index in [-0.39, 0.29) is 0 Å². The molecule has 0 saturated carbocycles. The molecule has 5 nitrogen and oxygen atoms in total. The van der Waals surface area contributed by atoms with Crippen LogP contribution in [0.1, 0.15) is 60.4 Å². The average molecular weight is 530 g/mol. The second-order valence-electron chi connectivity index (χ2n) is 10.2. The van der Waals surface area contributed by atoms with Crippen LogP contribution in [0.15, 0.2) is 91.1 Å². The van der Waals surface area contributed by atoms with Crippen molar-refractivity contribution < 1.29 is 9.53 Å². The number of pyridine rings is 1. The molecule has 1 aliphatic heterocycles. The molecule has 202 valence electrons. The largest absolute Gasteiger partial charge is 0.439 e. The van der Waals surface area contributed by atoms with Gasteiger partial charge in [-0.25, -0.2) is 9.78 Å². The summed E-state index contributed by atoms with van der Waals surface area (Å²) in [5, 5.41) is 1.07. The number of rotatable bonds is 8. The maximum absolute atomic E-state index is 13.7. The molecule has 0 saturated heterocycles. The molecule has 0 spiro atoms. The summed E-state index contributed by atoms with van der Waals surface area (Å²) in [6.07, 6.45) is 2.47. The maximum atomic E-state index is 13.7. The van der Waals surface area contributed by atoms with Gasteiger partial charge in [0, 0.05) is 59.1 Å². The number of para-hydroxylation sites is 1. The predicted octanol–water partition coefficient (Wildman–Crippen LogP) is 7.59. The summed E-state index contributed by atoms with van der Waals surface area (Å²) in [5.74, 6) is -0.391. The number of nitrogens with zero attached hydrogens (tertiary/aromatic N) is 3. The highest BCUT2D eigenvalue weighted by Gasteiger charge is 2.53. The van der Waals surface area contributed by atoms with E-state index in [0.717, 1.165) is 70.5 Å². The van der Waals surface area contributed by atoms with Crippen LogP contribution in [0.2, 0.25) is 0 Å². The van der Waals surface area contributed by atoms with Crippen LogP contribution in [-0.4, -0.2) is 28.6 Å². The second kappa shape index (κ2) is 10.3. The third-order valence-electron chi connectivity index (χ3n) is 8.29. The van der Waals surface area contributed by atoms with Gasteiger partial charge in [-0.05, 0) is 62.6 Å². The molecule has 6 rings (SSSR count). The van der Waals surface area contributed by atoms with E-state index in [0.29, 0.717) is 5.69 Å². The number of hydrogen-bond donors (Lipinski definition) is 0. The van der Waals surface area contributed by atoms with Crippen molar-refractivity contribution in [2.24, 2.45) is 0 Å². The van der Waals surface area contributed by atoms with Gasteiger partial charge in [0.2, 0.25) is 0 Å². The van der Waals surface area contributed by atoms with Crippen molar-refractivity contribution >= 4 is 22.6 Å². The standard InChI is InChI=1S/C35H35N3O2/c1-5-24-23-26(37(6-2)7-3)20-21-28(24)35(29-18-14-22-36-32(29)34(39)40-35)31-27-17-12-13-19-30(27)38(8-4)33(31)25-15-10-9-11-16-25/h9-23H,5-8H2,1-4H3. The first-order valence-corrected chi connectivity index (χ1v) is 14.3. The van der Waals surface area contributed by atoms with Crippen molar-refractivity contribution in [3.05, 3.63) is 119 Å². The Hall–Kier alpha value is -4.38. The van der Waals surface area contributed by atoms with Crippen LogP contribution in [0.3, 0.4) is 0 Å². The third-order valence-corrected chi connectivity index (χ3v) is 8.29. The molecule has 0 N–H and O–H groups in total. The zero-order chi connectivity index (χ0) is 27.9.